The van der Waals surface area contributed by atoms with E-state index < -0.39 is 29.4 Å². The normalized spacial score (nSPS) is 14.9. The average molecular weight is 240 g/mol. The van der Waals surface area contributed by atoms with Crippen molar-refractivity contribution in [3.63, 3.8) is 0 Å². The van der Waals surface area contributed by atoms with E-state index in [2.05, 4.69) is 21.2 Å². The van der Waals surface area contributed by atoms with E-state index in [1.54, 1.807) is 6.92 Å². The number of aliphatic carboxylic acids is 1. The number of hydrogen-bond acceptors (Lipinski definition) is 3. The van der Waals surface area contributed by atoms with Crippen molar-refractivity contribution in [2.75, 3.05) is 6.61 Å². The smallest absolute Gasteiger partial charge is 0.328 e. The van der Waals surface area contributed by atoms with Gasteiger partial charge in [0.1, 0.15) is 6.04 Å². The van der Waals surface area contributed by atoms with Crippen LogP contribution in [0.5, 0.6) is 0 Å². The van der Waals surface area contributed by atoms with Crippen molar-refractivity contribution >= 4 is 27.8 Å². The van der Waals surface area contributed by atoms with Gasteiger partial charge in [-0.3, -0.25) is 4.79 Å². The summed E-state index contributed by atoms with van der Waals surface area (Å²) in [6.45, 7) is 0.951. The Labute approximate surface area is 77.9 Å². The molecule has 0 saturated heterocycles. The molecule has 0 aromatic heterocycles. The maximum absolute atomic E-state index is 10.9. The number of carboxylic acids is 1. The monoisotopic (exact) mass is 239 g/mol. The molecule has 0 rings (SSSR count). The van der Waals surface area contributed by atoms with Crippen LogP contribution < -0.4 is 5.32 Å². The number of amides is 1. The molecule has 0 aliphatic rings. The Morgan fingerprint density at radius 3 is 2.33 bits per heavy atom. The van der Waals surface area contributed by atoms with Crippen molar-refractivity contribution in [1.82, 2.24) is 5.32 Å². The molecule has 0 aromatic carbocycles. The summed E-state index contributed by atoms with van der Waals surface area (Å²) in [7, 11) is 0. The lowest BCUT2D eigenvalue weighted by molar-refractivity contribution is -0.142. The standard InChI is InChI=1S/C6H10BrNO4/c1-3(7)5(10)8-4(2-9)6(11)12/h3-4,9H,2H2,1H3,(H,8,10)(H,11,12)/t3-,4-/m1/s1. The highest BCUT2D eigenvalue weighted by molar-refractivity contribution is 9.10. The molecule has 0 spiro atoms. The zero-order valence-electron chi connectivity index (χ0n) is 6.45. The Bertz CT molecular complexity index is 182. The molecular formula is C6H10BrNO4. The van der Waals surface area contributed by atoms with Gasteiger partial charge >= 0.3 is 5.97 Å². The minimum Gasteiger partial charge on any atom is -0.480 e. The van der Waals surface area contributed by atoms with E-state index in [1.165, 1.54) is 0 Å². The van der Waals surface area contributed by atoms with Gasteiger partial charge in [-0.25, -0.2) is 4.79 Å². The van der Waals surface area contributed by atoms with E-state index in [0.717, 1.165) is 0 Å². The zero-order chi connectivity index (χ0) is 9.72. The van der Waals surface area contributed by atoms with E-state index in [0.29, 0.717) is 0 Å². The lowest BCUT2D eigenvalue weighted by Gasteiger charge is -2.12. The molecule has 0 fully saturated rings. The first kappa shape index (κ1) is 11.4. The molecule has 0 saturated carbocycles. The second-order valence-corrected chi connectivity index (χ2v) is 3.57. The number of carbonyl (C=O) groups excluding carboxylic acids is 1. The molecule has 0 aliphatic heterocycles. The molecule has 0 heterocycles. The summed E-state index contributed by atoms with van der Waals surface area (Å²) < 4.78 is 0. The van der Waals surface area contributed by atoms with Crippen LogP contribution in [0, 0.1) is 0 Å². The number of aliphatic hydroxyl groups is 1. The second kappa shape index (κ2) is 5.10. The van der Waals surface area contributed by atoms with Crippen molar-refractivity contribution in [2.24, 2.45) is 0 Å². The van der Waals surface area contributed by atoms with E-state index in [4.69, 9.17) is 10.2 Å². The quantitative estimate of drug-likeness (QED) is 0.569. The van der Waals surface area contributed by atoms with Crippen LogP contribution in [0.1, 0.15) is 6.92 Å². The molecule has 12 heavy (non-hydrogen) atoms. The van der Waals surface area contributed by atoms with Crippen molar-refractivity contribution < 1.29 is 19.8 Å². The van der Waals surface area contributed by atoms with Crippen molar-refractivity contribution in [1.29, 1.82) is 0 Å². The molecule has 0 unspecified atom stereocenters. The van der Waals surface area contributed by atoms with Crippen molar-refractivity contribution in [3.8, 4) is 0 Å². The molecule has 70 valence electrons. The summed E-state index contributed by atoms with van der Waals surface area (Å²) in [4.78, 5) is 20.7. The molecule has 3 N–H and O–H groups in total. The Morgan fingerprint density at radius 1 is 1.58 bits per heavy atom. The van der Waals surface area contributed by atoms with E-state index >= 15 is 0 Å². The number of halogens is 1. The minimum atomic E-state index is -1.25. The lowest BCUT2D eigenvalue weighted by Crippen LogP contribution is -2.45. The first-order valence-corrected chi connectivity index (χ1v) is 4.18. The van der Waals surface area contributed by atoms with Crippen LogP contribution in [0.15, 0.2) is 0 Å². The molecule has 0 radical (unpaired) electrons. The van der Waals surface area contributed by atoms with Crippen LogP contribution in [0.2, 0.25) is 0 Å². The molecule has 5 nitrogen and oxygen atoms in total. The number of nitrogens with one attached hydrogen (secondary N) is 1. The largest absolute Gasteiger partial charge is 0.480 e. The Hall–Kier alpha value is -0.620. The first-order chi connectivity index (χ1) is 5.49. The summed E-state index contributed by atoms with van der Waals surface area (Å²) in [6, 6.07) is -1.22. The van der Waals surface area contributed by atoms with Gasteiger partial charge in [0.25, 0.3) is 0 Å². The van der Waals surface area contributed by atoms with Gasteiger partial charge in [0.2, 0.25) is 5.91 Å². The van der Waals surface area contributed by atoms with E-state index in [1.807, 2.05) is 0 Å². The van der Waals surface area contributed by atoms with Crippen LogP contribution in [0.3, 0.4) is 0 Å². The van der Waals surface area contributed by atoms with Crippen molar-refractivity contribution in [3.05, 3.63) is 0 Å². The molecule has 2 atom stereocenters. The van der Waals surface area contributed by atoms with Gasteiger partial charge < -0.3 is 15.5 Å². The fraction of sp³-hybridized carbons (Fsp3) is 0.667. The maximum atomic E-state index is 10.9. The van der Waals surface area contributed by atoms with Gasteiger partial charge in [-0.1, -0.05) is 15.9 Å². The summed E-state index contributed by atoms with van der Waals surface area (Å²) in [5, 5.41) is 19.1. The van der Waals surface area contributed by atoms with Crippen molar-refractivity contribution in [2.45, 2.75) is 17.8 Å². The van der Waals surface area contributed by atoms with Gasteiger partial charge in [0, 0.05) is 0 Å². The third-order valence-corrected chi connectivity index (χ3v) is 1.57. The zero-order valence-corrected chi connectivity index (χ0v) is 8.04. The molecule has 0 bridgehead atoms. The SMILES string of the molecule is C[C@@H](Br)C(=O)N[C@H](CO)C(=O)O. The topological polar surface area (TPSA) is 86.6 Å². The van der Waals surface area contributed by atoms with Gasteiger partial charge in [0.15, 0.2) is 0 Å². The van der Waals surface area contributed by atoms with Gasteiger partial charge in [-0.05, 0) is 6.92 Å². The van der Waals surface area contributed by atoms with Crippen LogP contribution in [0.4, 0.5) is 0 Å². The predicted octanol–water partition coefficient (Wildman–Crippen LogP) is -0.669. The minimum absolute atomic E-state index is 0.462. The number of alkyl halides is 1. The summed E-state index contributed by atoms with van der Waals surface area (Å²) in [5.41, 5.74) is 0. The Morgan fingerprint density at radius 2 is 2.08 bits per heavy atom. The summed E-state index contributed by atoms with van der Waals surface area (Å²) in [5.74, 6) is -1.71. The van der Waals surface area contributed by atoms with Gasteiger partial charge in [-0.15, -0.1) is 0 Å². The molecule has 0 aromatic rings. The number of aliphatic hydroxyl groups excluding tert-OH is 1. The Kier molecular flexibility index (Phi) is 4.84. The third kappa shape index (κ3) is 3.68. The number of hydrogen-bond donors (Lipinski definition) is 3. The van der Waals surface area contributed by atoms with Gasteiger partial charge in [-0.2, -0.15) is 0 Å². The third-order valence-electron chi connectivity index (χ3n) is 1.16. The Balaban J connectivity index is 4.03. The van der Waals surface area contributed by atoms with E-state index in [9.17, 15) is 9.59 Å². The van der Waals surface area contributed by atoms with Gasteiger partial charge in [0.05, 0.1) is 11.4 Å². The predicted molar refractivity (Wildman–Crippen MR) is 45.0 cm³/mol. The fourth-order valence-electron chi connectivity index (χ4n) is 0.472. The number of carboxylic acid groups (broad SMARTS) is 1. The highest BCUT2D eigenvalue weighted by atomic mass is 79.9. The molecule has 0 aliphatic carbocycles. The maximum Gasteiger partial charge on any atom is 0.328 e. The van der Waals surface area contributed by atoms with Crippen LogP contribution in [-0.4, -0.2) is 39.6 Å². The highest BCUT2D eigenvalue weighted by Crippen LogP contribution is 1.97. The molecule has 1 amide bonds. The first-order valence-electron chi connectivity index (χ1n) is 3.27. The summed E-state index contributed by atoms with van der Waals surface area (Å²) >= 11 is 2.96. The molecule has 6 heteroatoms. The van der Waals surface area contributed by atoms with Crippen LogP contribution >= 0.6 is 15.9 Å². The number of carbonyl (C=O) groups is 2. The van der Waals surface area contributed by atoms with E-state index in [-0.39, 0.29) is 0 Å². The summed E-state index contributed by atoms with van der Waals surface area (Å²) in [6.07, 6.45) is 0. The molecular weight excluding hydrogens is 230 g/mol. The average Bonchev–Trinajstić information content (AvgIpc) is 1.98. The highest BCUT2D eigenvalue weighted by Gasteiger charge is 2.20. The van der Waals surface area contributed by atoms with Crippen LogP contribution in [0.25, 0.3) is 0 Å². The fourth-order valence-corrected chi connectivity index (χ4v) is 0.604. The second-order valence-electron chi connectivity index (χ2n) is 2.20. The number of rotatable bonds is 4. The van der Waals surface area contributed by atoms with Crippen LogP contribution in [-0.2, 0) is 9.59 Å². The lowest BCUT2D eigenvalue weighted by atomic mass is 10.3.